The van der Waals surface area contributed by atoms with Gasteiger partial charge >= 0.3 is 0 Å². The first-order chi connectivity index (χ1) is 10.1. The molecule has 1 N–H and O–H groups in total. The van der Waals surface area contributed by atoms with Crippen LogP contribution in [0, 0.1) is 23.7 Å². The van der Waals surface area contributed by atoms with Crippen LogP contribution in [0.2, 0.25) is 0 Å². The van der Waals surface area contributed by atoms with Gasteiger partial charge in [-0.15, -0.1) is 0 Å². The van der Waals surface area contributed by atoms with E-state index < -0.39 is 17.8 Å². The van der Waals surface area contributed by atoms with E-state index in [-0.39, 0.29) is 17.7 Å². The fourth-order valence-corrected chi connectivity index (χ4v) is 4.10. The summed E-state index contributed by atoms with van der Waals surface area (Å²) in [5, 5.41) is 14.3. The highest BCUT2D eigenvalue weighted by molar-refractivity contribution is 5.95. The third kappa shape index (κ3) is 2.55. The number of carboxylic acids is 1. The van der Waals surface area contributed by atoms with Crippen LogP contribution < -0.4 is 10.4 Å². The number of anilines is 1. The Labute approximate surface area is 124 Å². The monoisotopic (exact) mass is 286 g/mol. The van der Waals surface area contributed by atoms with Gasteiger partial charge in [0.1, 0.15) is 0 Å². The minimum atomic E-state index is -1.07. The summed E-state index contributed by atoms with van der Waals surface area (Å²) >= 11 is 0. The number of nitrogens with one attached hydrogen (secondary N) is 1. The Morgan fingerprint density at radius 2 is 1.95 bits per heavy atom. The van der Waals surface area contributed by atoms with Crippen LogP contribution >= 0.6 is 0 Å². The lowest BCUT2D eigenvalue weighted by atomic mass is 9.78. The molecule has 1 aromatic rings. The summed E-state index contributed by atoms with van der Waals surface area (Å²) in [5.74, 6) is -1.95. The van der Waals surface area contributed by atoms with Gasteiger partial charge in [0.15, 0.2) is 0 Å². The highest BCUT2D eigenvalue weighted by Gasteiger charge is 2.51. The summed E-state index contributed by atoms with van der Waals surface area (Å²) in [7, 11) is 0. The minimum Gasteiger partial charge on any atom is -0.550 e. The van der Waals surface area contributed by atoms with Crippen LogP contribution in [0.3, 0.4) is 0 Å². The van der Waals surface area contributed by atoms with E-state index in [0.717, 1.165) is 36.9 Å². The molecule has 0 aliphatic heterocycles. The number of fused-ring (bicyclic) bond motifs is 2. The Bertz CT molecular complexity index is 569. The molecule has 4 atom stereocenters. The molecule has 0 heterocycles. The molecule has 1 aromatic carbocycles. The zero-order valence-corrected chi connectivity index (χ0v) is 12.2. The van der Waals surface area contributed by atoms with Crippen molar-refractivity contribution in [2.75, 3.05) is 5.32 Å². The van der Waals surface area contributed by atoms with Gasteiger partial charge in [-0.1, -0.05) is 19.1 Å². The molecule has 0 unspecified atom stereocenters. The van der Waals surface area contributed by atoms with Crippen molar-refractivity contribution in [2.24, 2.45) is 23.7 Å². The van der Waals surface area contributed by atoms with E-state index in [9.17, 15) is 14.7 Å². The molecule has 2 saturated carbocycles. The molecule has 2 aliphatic rings. The number of amides is 1. The van der Waals surface area contributed by atoms with Gasteiger partial charge < -0.3 is 15.2 Å². The summed E-state index contributed by atoms with van der Waals surface area (Å²) in [6, 6.07) is 7.71. The van der Waals surface area contributed by atoms with Crippen molar-refractivity contribution < 1.29 is 14.7 Å². The zero-order valence-electron chi connectivity index (χ0n) is 12.2. The molecular weight excluding hydrogens is 266 g/mol. The summed E-state index contributed by atoms with van der Waals surface area (Å²) in [4.78, 5) is 23.9. The van der Waals surface area contributed by atoms with Gasteiger partial charge in [-0.05, 0) is 55.2 Å². The SMILES string of the molecule is CCc1cccc(NC(=O)[C@@H]2[C@@H]3CC[C@@H](C3)[C@@H]2C(=O)[O-])c1. The third-order valence-corrected chi connectivity index (χ3v) is 5.09. The highest BCUT2D eigenvalue weighted by atomic mass is 16.4. The molecule has 2 fully saturated rings. The Morgan fingerprint density at radius 3 is 2.62 bits per heavy atom. The van der Waals surface area contributed by atoms with Gasteiger partial charge in [0.05, 0.1) is 0 Å². The average molecular weight is 286 g/mol. The molecule has 1 amide bonds. The number of carbonyl (C=O) groups is 2. The Kier molecular flexibility index (Phi) is 3.70. The molecule has 4 heteroatoms. The van der Waals surface area contributed by atoms with Crippen LogP contribution in [0.1, 0.15) is 31.7 Å². The van der Waals surface area contributed by atoms with Crippen LogP contribution in [0.15, 0.2) is 24.3 Å². The van der Waals surface area contributed by atoms with Crippen molar-refractivity contribution in [2.45, 2.75) is 32.6 Å². The van der Waals surface area contributed by atoms with Crippen molar-refractivity contribution in [1.29, 1.82) is 0 Å². The lowest BCUT2D eigenvalue weighted by Crippen LogP contribution is -2.43. The maximum atomic E-state index is 12.5. The predicted molar refractivity (Wildman–Crippen MR) is 77.3 cm³/mol. The number of carboxylic acid groups (broad SMARTS) is 1. The molecule has 0 saturated heterocycles. The van der Waals surface area contributed by atoms with Crippen LogP contribution in [-0.2, 0) is 16.0 Å². The van der Waals surface area contributed by atoms with E-state index in [1.807, 2.05) is 24.3 Å². The smallest absolute Gasteiger partial charge is 0.228 e. The second kappa shape index (κ2) is 5.51. The number of aliphatic carboxylic acids is 1. The topological polar surface area (TPSA) is 69.2 Å². The van der Waals surface area contributed by atoms with E-state index in [1.54, 1.807) is 0 Å². The van der Waals surface area contributed by atoms with E-state index in [4.69, 9.17) is 0 Å². The molecule has 0 radical (unpaired) electrons. The van der Waals surface area contributed by atoms with Gasteiger partial charge in [0.25, 0.3) is 0 Å². The molecule has 0 aromatic heterocycles. The second-order valence-electron chi connectivity index (χ2n) is 6.25. The van der Waals surface area contributed by atoms with E-state index in [1.165, 1.54) is 0 Å². The van der Waals surface area contributed by atoms with Gasteiger partial charge in [0, 0.05) is 23.5 Å². The van der Waals surface area contributed by atoms with Crippen molar-refractivity contribution >= 4 is 17.6 Å². The lowest BCUT2D eigenvalue weighted by Gasteiger charge is -2.30. The summed E-state index contributed by atoms with van der Waals surface area (Å²) in [6.45, 7) is 2.06. The number of hydrogen-bond acceptors (Lipinski definition) is 3. The Hall–Kier alpha value is -1.84. The van der Waals surface area contributed by atoms with E-state index in [0.29, 0.717) is 0 Å². The van der Waals surface area contributed by atoms with Gasteiger partial charge in [-0.2, -0.15) is 0 Å². The maximum absolute atomic E-state index is 12.5. The minimum absolute atomic E-state index is 0.123. The Balaban J connectivity index is 1.76. The largest absolute Gasteiger partial charge is 0.550 e. The van der Waals surface area contributed by atoms with Crippen LogP contribution in [0.25, 0.3) is 0 Å². The normalized spacial score (nSPS) is 30.3. The second-order valence-corrected chi connectivity index (χ2v) is 6.25. The molecule has 4 nitrogen and oxygen atoms in total. The van der Waals surface area contributed by atoms with Gasteiger partial charge in [-0.3, -0.25) is 4.79 Å². The molecule has 21 heavy (non-hydrogen) atoms. The lowest BCUT2D eigenvalue weighted by molar-refractivity contribution is -0.314. The molecule has 2 bridgehead atoms. The van der Waals surface area contributed by atoms with Crippen molar-refractivity contribution in [3.8, 4) is 0 Å². The van der Waals surface area contributed by atoms with E-state index >= 15 is 0 Å². The number of aryl methyl sites for hydroxylation is 1. The molecule has 112 valence electrons. The van der Waals surface area contributed by atoms with Gasteiger partial charge in [0.2, 0.25) is 5.91 Å². The summed E-state index contributed by atoms with van der Waals surface area (Å²) in [5.41, 5.74) is 1.90. The van der Waals surface area contributed by atoms with Crippen molar-refractivity contribution in [1.82, 2.24) is 0 Å². The first-order valence-electron chi connectivity index (χ1n) is 7.70. The van der Waals surface area contributed by atoms with Crippen molar-refractivity contribution in [3.63, 3.8) is 0 Å². The summed E-state index contributed by atoms with van der Waals surface area (Å²) < 4.78 is 0. The number of rotatable bonds is 4. The number of hydrogen-bond donors (Lipinski definition) is 1. The van der Waals surface area contributed by atoms with E-state index in [2.05, 4.69) is 12.2 Å². The quantitative estimate of drug-likeness (QED) is 0.914. The average Bonchev–Trinajstić information content (AvgIpc) is 3.07. The standard InChI is InChI=1S/C17H21NO3/c1-2-10-4-3-5-13(8-10)18-16(19)14-11-6-7-12(9-11)15(14)17(20)21/h3-5,8,11-12,14-15H,2,6-7,9H2,1H3,(H,18,19)(H,20,21)/p-1/t11-,12+,14-,15+/m1/s1. The maximum Gasteiger partial charge on any atom is 0.228 e. The van der Waals surface area contributed by atoms with Gasteiger partial charge in [-0.25, -0.2) is 0 Å². The number of benzene rings is 1. The molecule has 3 rings (SSSR count). The molecule has 2 aliphatic carbocycles. The van der Waals surface area contributed by atoms with Crippen LogP contribution in [0.4, 0.5) is 5.69 Å². The first kappa shape index (κ1) is 14.1. The van der Waals surface area contributed by atoms with Crippen molar-refractivity contribution in [3.05, 3.63) is 29.8 Å². The summed E-state index contributed by atoms with van der Waals surface area (Å²) in [6.07, 6.45) is 3.63. The first-order valence-corrected chi connectivity index (χ1v) is 7.70. The Morgan fingerprint density at radius 1 is 1.24 bits per heavy atom. The zero-order chi connectivity index (χ0) is 15.0. The predicted octanol–water partition coefficient (Wildman–Crippen LogP) is 1.60. The molecular formula is C17H20NO3-. The third-order valence-electron chi connectivity index (χ3n) is 5.09. The van der Waals surface area contributed by atoms with Crippen LogP contribution in [0.5, 0.6) is 0 Å². The van der Waals surface area contributed by atoms with Crippen LogP contribution in [-0.4, -0.2) is 11.9 Å². The fourth-order valence-electron chi connectivity index (χ4n) is 4.10. The molecule has 0 spiro atoms. The fraction of sp³-hybridized carbons (Fsp3) is 0.529. The highest BCUT2D eigenvalue weighted by Crippen LogP contribution is 2.52. The number of carbonyl (C=O) groups excluding carboxylic acids is 2.